The van der Waals surface area contributed by atoms with Gasteiger partial charge in [-0.3, -0.25) is 4.79 Å². The first-order valence-corrected chi connectivity index (χ1v) is 8.99. The average Bonchev–Trinajstić information content (AvgIpc) is 2.48. The van der Waals surface area contributed by atoms with Crippen molar-refractivity contribution in [3.05, 3.63) is 0 Å². The maximum atomic E-state index is 11.4. The minimum Gasteiger partial charge on any atom is -0.343 e. The van der Waals surface area contributed by atoms with E-state index in [9.17, 15) is 4.79 Å². The molecule has 120 valence electrons. The monoisotopic (exact) mass is 292 g/mol. The molecule has 3 atom stereocenters. The highest BCUT2D eigenvalue weighted by molar-refractivity contribution is 5.73. The zero-order valence-electron chi connectivity index (χ0n) is 14.0. The number of carbonyl (C=O) groups is 1. The number of carbonyl (C=O) groups excluding carboxylic acids is 1. The van der Waals surface area contributed by atoms with Gasteiger partial charge in [0.05, 0.1) is 0 Å². The van der Waals surface area contributed by atoms with Gasteiger partial charge in [0.15, 0.2) is 0 Å². The van der Waals surface area contributed by atoms with Gasteiger partial charge in [0.2, 0.25) is 5.91 Å². The smallest absolute Gasteiger partial charge is 0.219 e. The van der Waals surface area contributed by atoms with E-state index >= 15 is 0 Å². The van der Waals surface area contributed by atoms with E-state index in [-0.39, 0.29) is 5.91 Å². The molecule has 0 aromatic carbocycles. The molecular formula is C18H32N2O. The molecule has 0 aromatic rings. The summed E-state index contributed by atoms with van der Waals surface area (Å²) in [6.07, 6.45) is 8.12. The maximum absolute atomic E-state index is 11.4. The van der Waals surface area contributed by atoms with Crippen molar-refractivity contribution in [2.24, 2.45) is 23.2 Å². The van der Waals surface area contributed by atoms with Crippen LogP contribution in [-0.2, 0) is 4.79 Å². The van der Waals surface area contributed by atoms with Crippen molar-refractivity contribution in [2.45, 2.75) is 65.3 Å². The van der Waals surface area contributed by atoms with Gasteiger partial charge in [-0.05, 0) is 55.4 Å². The lowest BCUT2D eigenvalue weighted by Gasteiger charge is -2.61. The Balaban J connectivity index is 1.46. The van der Waals surface area contributed by atoms with Crippen LogP contribution in [0.3, 0.4) is 0 Å². The predicted octanol–water partition coefficient (Wildman–Crippen LogP) is 3.05. The van der Waals surface area contributed by atoms with Crippen molar-refractivity contribution >= 4 is 5.91 Å². The van der Waals surface area contributed by atoms with E-state index in [0.717, 1.165) is 43.4 Å². The van der Waals surface area contributed by atoms with Crippen molar-refractivity contribution in [1.82, 2.24) is 10.2 Å². The second-order valence-corrected chi connectivity index (χ2v) is 8.21. The molecule has 0 aromatic heterocycles. The number of nitrogens with zero attached hydrogens (tertiary/aromatic N) is 1. The van der Waals surface area contributed by atoms with Crippen molar-refractivity contribution in [3.8, 4) is 0 Å². The Bertz CT molecular complexity index is 385. The molecule has 3 rings (SSSR count). The summed E-state index contributed by atoms with van der Waals surface area (Å²) in [4.78, 5) is 13.4. The fourth-order valence-electron chi connectivity index (χ4n) is 5.31. The molecule has 1 aliphatic heterocycles. The second-order valence-electron chi connectivity index (χ2n) is 8.21. The van der Waals surface area contributed by atoms with Crippen LogP contribution in [0.5, 0.6) is 0 Å². The summed E-state index contributed by atoms with van der Waals surface area (Å²) in [5.41, 5.74) is 0.491. The molecule has 0 spiro atoms. The Morgan fingerprint density at radius 2 is 1.81 bits per heavy atom. The molecule has 1 amide bonds. The summed E-state index contributed by atoms with van der Waals surface area (Å²) < 4.78 is 0. The van der Waals surface area contributed by atoms with Crippen LogP contribution >= 0.6 is 0 Å². The van der Waals surface area contributed by atoms with E-state index in [1.54, 1.807) is 6.92 Å². The van der Waals surface area contributed by atoms with Crippen molar-refractivity contribution in [2.75, 3.05) is 19.6 Å². The molecule has 1 N–H and O–H groups in total. The van der Waals surface area contributed by atoms with E-state index in [2.05, 4.69) is 19.2 Å². The van der Waals surface area contributed by atoms with E-state index in [1.165, 1.54) is 38.5 Å². The minimum absolute atomic E-state index is 0.242. The standard InChI is InChI=1S/C18H32N2O/c1-13(21)20-10-8-14(9-11-20)12-19-17-15-6-4-5-7-16(15)18(17,2)3/h14-17,19H,4-12H2,1-3H3/t15-,16+,17?/m1/s1. The van der Waals surface area contributed by atoms with Gasteiger partial charge in [-0.1, -0.05) is 26.7 Å². The van der Waals surface area contributed by atoms with Gasteiger partial charge in [0, 0.05) is 26.1 Å². The molecule has 2 saturated carbocycles. The lowest BCUT2D eigenvalue weighted by Crippen LogP contribution is -2.65. The van der Waals surface area contributed by atoms with Crippen molar-refractivity contribution in [1.29, 1.82) is 0 Å². The third kappa shape index (κ3) is 2.86. The lowest BCUT2D eigenvalue weighted by molar-refractivity contribution is -0.130. The summed E-state index contributed by atoms with van der Waals surface area (Å²) in [5.74, 6) is 2.90. The predicted molar refractivity (Wildman–Crippen MR) is 86.0 cm³/mol. The molecule has 3 aliphatic rings. The fraction of sp³-hybridized carbons (Fsp3) is 0.944. The second kappa shape index (κ2) is 5.91. The molecule has 3 nitrogen and oxygen atoms in total. The lowest BCUT2D eigenvalue weighted by atomic mass is 9.47. The molecular weight excluding hydrogens is 260 g/mol. The molecule has 1 saturated heterocycles. The van der Waals surface area contributed by atoms with Gasteiger partial charge < -0.3 is 10.2 Å². The number of fused-ring (bicyclic) bond motifs is 1. The van der Waals surface area contributed by atoms with E-state index in [4.69, 9.17) is 0 Å². The maximum Gasteiger partial charge on any atom is 0.219 e. The Morgan fingerprint density at radius 1 is 1.14 bits per heavy atom. The Labute approximate surface area is 129 Å². The van der Waals surface area contributed by atoms with Crippen LogP contribution in [0, 0.1) is 23.2 Å². The molecule has 1 heterocycles. The third-order valence-corrected chi connectivity index (χ3v) is 6.69. The Hall–Kier alpha value is -0.570. The summed E-state index contributed by atoms with van der Waals surface area (Å²) in [5, 5.41) is 3.92. The first kappa shape index (κ1) is 15.3. The SMILES string of the molecule is CC(=O)N1CCC(CNC2[C@@H]3CCCC[C@@H]3C2(C)C)CC1. The highest BCUT2D eigenvalue weighted by Crippen LogP contribution is 2.57. The number of amides is 1. The van der Waals surface area contributed by atoms with Crippen LogP contribution in [0.25, 0.3) is 0 Å². The summed E-state index contributed by atoms with van der Waals surface area (Å²) in [6, 6.07) is 0.730. The average molecular weight is 292 g/mol. The molecule has 3 heteroatoms. The molecule has 1 unspecified atom stereocenters. The summed E-state index contributed by atoms with van der Waals surface area (Å²) in [7, 11) is 0. The molecule has 3 fully saturated rings. The zero-order chi connectivity index (χ0) is 15.0. The van der Waals surface area contributed by atoms with E-state index < -0.39 is 0 Å². The van der Waals surface area contributed by atoms with Crippen molar-refractivity contribution < 1.29 is 4.79 Å². The summed E-state index contributed by atoms with van der Waals surface area (Å²) >= 11 is 0. The van der Waals surface area contributed by atoms with Crippen LogP contribution in [0.15, 0.2) is 0 Å². The number of hydrogen-bond donors (Lipinski definition) is 1. The molecule has 21 heavy (non-hydrogen) atoms. The van der Waals surface area contributed by atoms with Crippen LogP contribution < -0.4 is 5.32 Å². The summed E-state index contributed by atoms with van der Waals surface area (Å²) in [6.45, 7) is 9.70. The fourth-order valence-corrected chi connectivity index (χ4v) is 5.31. The topological polar surface area (TPSA) is 32.3 Å². The Kier molecular flexibility index (Phi) is 4.31. The first-order valence-electron chi connectivity index (χ1n) is 8.99. The van der Waals surface area contributed by atoms with Gasteiger partial charge in [0.1, 0.15) is 0 Å². The first-order chi connectivity index (χ1) is 10.00. The van der Waals surface area contributed by atoms with Crippen LogP contribution in [0.4, 0.5) is 0 Å². The number of likely N-dealkylation sites (tertiary alicyclic amines) is 1. The molecule has 0 radical (unpaired) electrons. The van der Waals surface area contributed by atoms with Gasteiger partial charge in [-0.15, -0.1) is 0 Å². The third-order valence-electron chi connectivity index (χ3n) is 6.69. The van der Waals surface area contributed by atoms with Crippen LogP contribution in [0.1, 0.15) is 59.3 Å². The number of hydrogen-bond acceptors (Lipinski definition) is 2. The van der Waals surface area contributed by atoms with Crippen LogP contribution in [0.2, 0.25) is 0 Å². The largest absolute Gasteiger partial charge is 0.343 e. The number of rotatable bonds is 3. The molecule has 2 aliphatic carbocycles. The van der Waals surface area contributed by atoms with Gasteiger partial charge >= 0.3 is 0 Å². The number of nitrogens with one attached hydrogen (secondary N) is 1. The van der Waals surface area contributed by atoms with Gasteiger partial charge in [-0.25, -0.2) is 0 Å². The quantitative estimate of drug-likeness (QED) is 0.867. The van der Waals surface area contributed by atoms with Gasteiger partial charge in [-0.2, -0.15) is 0 Å². The highest BCUT2D eigenvalue weighted by atomic mass is 16.2. The van der Waals surface area contributed by atoms with Gasteiger partial charge in [0.25, 0.3) is 0 Å². The number of piperidine rings is 1. The Morgan fingerprint density at radius 3 is 2.48 bits per heavy atom. The normalized spacial score (nSPS) is 36.0. The van der Waals surface area contributed by atoms with Crippen molar-refractivity contribution in [3.63, 3.8) is 0 Å². The minimum atomic E-state index is 0.242. The zero-order valence-corrected chi connectivity index (χ0v) is 14.0. The molecule has 0 bridgehead atoms. The van der Waals surface area contributed by atoms with E-state index in [1.807, 2.05) is 4.90 Å². The highest BCUT2D eigenvalue weighted by Gasteiger charge is 2.55. The van der Waals surface area contributed by atoms with E-state index in [0.29, 0.717) is 5.41 Å². The van der Waals surface area contributed by atoms with Crippen LogP contribution in [-0.4, -0.2) is 36.5 Å².